The molecule has 0 saturated carbocycles. The van der Waals surface area contributed by atoms with Gasteiger partial charge in [0.1, 0.15) is 29.8 Å². The molecule has 4 aromatic rings. The van der Waals surface area contributed by atoms with Gasteiger partial charge in [-0.2, -0.15) is 15.5 Å². The van der Waals surface area contributed by atoms with Crippen LogP contribution in [0.5, 0.6) is 5.75 Å². The number of nitriles is 1. The maximum atomic E-state index is 13.2. The van der Waals surface area contributed by atoms with Crippen LogP contribution in [0.4, 0.5) is 4.39 Å². The Morgan fingerprint density at radius 1 is 1.30 bits per heavy atom. The van der Waals surface area contributed by atoms with Crippen molar-refractivity contribution >= 4 is 17.1 Å². The lowest BCUT2D eigenvalue weighted by Crippen LogP contribution is -2.58. The molecule has 6 heterocycles. The van der Waals surface area contributed by atoms with Gasteiger partial charge in [-0.05, 0) is 30.7 Å². The second-order valence-electron chi connectivity index (χ2n) is 9.38. The highest BCUT2D eigenvalue weighted by atomic mass is 35.5. The van der Waals surface area contributed by atoms with Gasteiger partial charge in [0.15, 0.2) is 6.19 Å². The molecule has 0 spiro atoms. The quantitative estimate of drug-likeness (QED) is 0.385. The van der Waals surface area contributed by atoms with Crippen LogP contribution < -0.4 is 4.74 Å². The number of hydrogen-bond acceptors (Lipinski definition) is 8. The van der Waals surface area contributed by atoms with Crippen LogP contribution in [-0.4, -0.2) is 71.6 Å². The molecule has 0 aromatic carbocycles. The highest BCUT2D eigenvalue weighted by Crippen LogP contribution is 2.35. The monoisotopic (exact) mass is 522 g/mol. The summed E-state index contributed by atoms with van der Waals surface area (Å²) in [6, 6.07) is 4.90. The van der Waals surface area contributed by atoms with Crippen molar-refractivity contribution in [2.24, 2.45) is 0 Å². The minimum absolute atomic E-state index is 0.103. The number of rotatable bonds is 6. The molecule has 4 aromatic heterocycles. The Kier molecular flexibility index (Phi) is 5.95. The summed E-state index contributed by atoms with van der Waals surface area (Å²) in [4.78, 5) is 8.11. The lowest BCUT2D eigenvalue weighted by atomic mass is 10.0. The molecule has 0 bridgehead atoms. The van der Waals surface area contributed by atoms with E-state index in [1.807, 2.05) is 16.9 Å². The molecule has 0 aliphatic carbocycles. The van der Waals surface area contributed by atoms with Crippen molar-refractivity contribution in [1.82, 2.24) is 34.2 Å². The van der Waals surface area contributed by atoms with Crippen LogP contribution in [0, 0.1) is 24.2 Å². The highest BCUT2D eigenvalue weighted by Gasteiger charge is 2.34. The van der Waals surface area contributed by atoms with Crippen molar-refractivity contribution in [1.29, 1.82) is 5.26 Å². The molecule has 1 N–H and O–H groups in total. The van der Waals surface area contributed by atoms with Crippen molar-refractivity contribution in [3.8, 4) is 23.2 Å². The largest absolute Gasteiger partial charge is 0.488 e. The zero-order valence-electron chi connectivity index (χ0n) is 20.1. The van der Waals surface area contributed by atoms with Gasteiger partial charge in [0.2, 0.25) is 0 Å². The summed E-state index contributed by atoms with van der Waals surface area (Å²) in [6.45, 7) is 5.93. The molecule has 0 amide bonds. The smallest absolute Gasteiger partial charge is 0.179 e. The van der Waals surface area contributed by atoms with Gasteiger partial charge in [-0.15, -0.1) is 0 Å². The van der Waals surface area contributed by atoms with Crippen LogP contribution in [0.3, 0.4) is 0 Å². The summed E-state index contributed by atoms with van der Waals surface area (Å²) < 4.78 is 22.9. The van der Waals surface area contributed by atoms with E-state index in [1.165, 1.54) is 18.3 Å². The molecule has 2 aliphatic rings. The van der Waals surface area contributed by atoms with Crippen LogP contribution in [0.25, 0.3) is 16.8 Å². The molecule has 1 fully saturated rings. The average Bonchev–Trinajstić information content (AvgIpc) is 3.41. The first-order chi connectivity index (χ1) is 17.9. The molecule has 2 aliphatic heterocycles. The number of hydrogen-bond donors (Lipinski definition) is 1. The summed E-state index contributed by atoms with van der Waals surface area (Å²) in [5, 5.41) is 29.3. The number of likely N-dealkylation sites (tertiary alicyclic amines) is 1. The number of halogens is 2. The first-order valence-corrected chi connectivity index (χ1v) is 12.3. The van der Waals surface area contributed by atoms with Crippen LogP contribution in [0.2, 0.25) is 5.02 Å². The Hall–Kier alpha value is -3.72. The van der Waals surface area contributed by atoms with Gasteiger partial charge in [0.25, 0.3) is 0 Å². The first kappa shape index (κ1) is 23.7. The fourth-order valence-electron chi connectivity index (χ4n) is 4.95. The average molecular weight is 523 g/mol. The fraction of sp³-hybridized carbons (Fsp3) is 0.360. The first-order valence-electron chi connectivity index (χ1n) is 12.0. The maximum absolute atomic E-state index is 13.2. The Bertz CT molecular complexity index is 1510. The Morgan fingerprint density at radius 3 is 2.89 bits per heavy atom. The summed E-state index contributed by atoms with van der Waals surface area (Å²) >= 11 is 6.40. The van der Waals surface area contributed by atoms with Gasteiger partial charge in [-0.1, -0.05) is 11.6 Å². The highest BCUT2D eigenvalue weighted by molar-refractivity contribution is 6.34. The van der Waals surface area contributed by atoms with Gasteiger partial charge < -0.3 is 14.7 Å². The second-order valence-corrected chi connectivity index (χ2v) is 9.79. The minimum Gasteiger partial charge on any atom is -0.488 e. The maximum Gasteiger partial charge on any atom is 0.179 e. The molecule has 1 saturated heterocycles. The van der Waals surface area contributed by atoms with E-state index < -0.39 is 11.9 Å². The van der Waals surface area contributed by atoms with Crippen LogP contribution in [0.15, 0.2) is 36.8 Å². The fourth-order valence-corrected chi connectivity index (χ4v) is 5.17. The van der Waals surface area contributed by atoms with Gasteiger partial charge in [-0.25, -0.2) is 8.91 Å². The van der Waals surface area contributed by atoms with Gasteiger partial charge in [0.05, 0.1) is 41.0 Å². The molecule has 190 valence electrons. The van der Waals surface area contributed by atoms with Gasteiger partial charge >= 0.3 is 0 Å². The van der Waals surface area contributed by atoms with Crippen LogP contribution >= 0.6 is 11.6 Å². The van der Waals surface area contributed by atoms with Crippen LogP contribution in [-0.2, 0) is 13.1 Å². The number of fused-ring (bicyclic) bond motifs is 2. The van der Waals surface area contributed by atoms with Crippen molar-refractivity contribution in [3.05, 3.63) is 64.6 Å². The molecule has 1 unspecified atom stereocenters. The second kappa shape index (κ2) is 9.30. The summed E-state index contributed by atoms with van der Waals surface area (Å²) in [5.41, 5.74) is 4.73. The molecule has 10 nitrogen and oxygen atoms in total. The van der Waals surface area contributed by atoms with E-state index >= 15 is 0 Å². The number of pyridine rings is 2. The third-order valence-electron chi connectivity index (χ3n) is 7.09. The molecule has 6 rings (SSSR count). The summed E-state index contributed by atoms with van der Waals surface area (Å²) in [7, 11) is 0. The van der Waals surface area contributed by atoms with Crippen molar-refractivity contribution < 1.29 is 14.2 Å². The predicted octanol–water partition coefficient (Wildman–Crippen LogP) is 2.79. The van der Waals surface area contributed by atoms with Crippen molar-refractivity contribution in [3.63, 3.8) is 0 Å². The lowest BCUT2D eigenvalue weighted by molar-refractivity contribution is 0.0496. The number of aromatic nitrogens is 5. The van der Waals surface area contributed by atoms with E-state index in [9.17, 15) is 9.50 Å². The number of aliphatic hydroxyl groups excluding tert-OH is 1. The number of aliphatic hydroxyl groups is 1. The van der Waals surface area contributed by atoms with E-state index in [2.05, 4.69) is 28.1 Å². The van der Waals surface area contributed by atoms with Gasteiger partial charge in [0, 0.05) is 44.0 Å². The topological polar surface area (TPSA) is 108 Å². The minimum atomic E-state index is -1.05. The Morgan fingerprint density at radius 2 is 2.14 bits per heavy atom. The van der Waals surface area contributed by atoms with E-state index in [-0.39, 0.29) is 6.61 Å². The van der Waals surface area contributed by atoms with Crippen LogP contribution in [0.1, 0.15) is 23.1 Å². The summed E-state index contributed by atoms with van der Waals surface area (Å²) in [5.74, 6) is -0.0328. The third-order valence-corrected chi connectivity index (χ3v) is 7.36. The zero-order valence-corrected chi connectivity index (χ0v) is 20.8. The molecule has 1 atom stereocenters. The third kappa shape index (κ3) is 4.27. The number of ether oxygens (including phenoxy) is 1. The van der Waals surface area contributed by atoms with E-state index in [0.29, 0.717) is 28.0 Å². The SMILES string of the molecule is Cc1c(-c2cc(OCC(O)c3ccc(F)cn3)c3c(Cl)cnn3c2)nn2c1CN(C1CN(C#N)C1)CC2. The predicted molar refractivity (Wildman–Crippen MR) is 132 cm³/mol. The number of nitrogens with zero attached hydrogens (tertiary/aromatic N) is 8. The Balaban J connectivity index is 1.28. The normalized spacial score (nSPS) is 16.9. The Labute approximate surface area is 217 Å². The molecular formula is C25H24ClFN8O2. The molecular weight excluding hydrogens is 499 g/mol. The van der Waals surface area contributed by atoms with E-state index in [1.54, 1.807) is 9.42 Å². The van der Waals surface area contributed by atoms with Gasteiger partial charge in [-0.3, -0.25) is 14.6 Å². The molecule has 37 heavy (non-hydrogen) atoms. The van der Waals surface area contributed by atoms with E-state index in [0.717, 1.165) is 61.4 Å². The van der Waals surface area contributed by atoms with Crippen molar-refractivity contribution in [2.75, 3.05) is 26.2 Å². The molecule has 12 heteroatoms. The zero-order chi connectivity index (χ0) is 25.7. The standard InChI is InChI=1S/C25H24ClFN8O2/c1-15-21-12-33(18-10-32(11-18)14-28)4-5-34(21)31-24(15)16-6-23(25-19(26)8-30-35(25)9-16)37-13-22(36)20-3-2-17(27)7-29-20/h2-3,6-9,18,22,36H,4-5,10-13H2,1H3. The van der Waals surface area contributed by atoms with Crippen molar-refractivity contribution in [2.45, 2.75) is 32.2 Å². The summed E-state index contributed by atoms with van der Waals surface area (Å²) in [6.07, 6.45) is 5.61. The van der Waals surface area contributed by atoms with E-state index in [4.69, 9.17) is 26.7 Å². The lowest BCUT2D eigenvalue weighted by Gasteiger charge is -2.44. The molecule has 0 radical (unpaired) electrons.